The van der Waals surface area contributed by atoms with Crippen molar-refractivity contribution in [2.75, 3.05) is 6.61 Å². The maximum Gasteiger partial charge on any atom is 0.287 e. The number of thiophene rings is 1. The van der Waals surface area contributed by atoms with Crippen LogP contribution in [0.25, 0.3) is 28.2 Å². The lowest BCUT2D eigenvalue weighted by atomic mass is 10.1. The summed E-state index contributed by atoms with van der Waals surface area (Å²) in [6.07, 6.45) is -1.48. The van der Waals surface area contributed by atoms with Gasteiger partial charge in [0.1, 0.15) is 18.3 Å². The number of hydrogen-bond donors (Lipinski definition) is 4. The molecule has 0 spiro atoms. The third-order valence-electron chi connectivity index (χ3n) is 4.76. The van der Waals surface area contributed by atoms with E-state index in [1.165, 1.54) is 15.3 Å². The highest BCUT2D eigenvalue weighted by Crippen LogP contribution is 2.31. The number of imidazole rings is 2. The van der Waals surface area contributed by atoms with Gasteiger partial charge in [0.2, 0.25) is 5.78 Å². The summed E-state index contributed by atoms with van der Waals surface area (Å²) in [4.78, 5) is 24.5. The first-order valence-corrected chi connectivity index (χ1v) is 9.15. The van der Waals surface area contributed by atoms with E-state index in [1.807, 2.05) is 16.8 Å². The van der Waals surface area contributed by atoms with Crippen LogP contribution in [0.2, 0.25) is 0 Å². The molecule has 0 radical (unpaired) electrons. The van der Waals surface area contributed by atoms with Gasteiger partial charge < -0.3 is 25.0 Å². The molecule has 4 aromatic heterocycles. The molecule has 5 heterocycles. The molecule has 0 saturated carbocycles. The zero-order chi connectivity index (χ0) is 18.7. The smallest absolute Gasteiger partial charge is 0.287 e. The molecule has 0 amide bonds. The monoisotopic (exact) mass is 389 g/mol. The van der Waals surface area contributed by atoms with E-state index in [1.54, 1.807) is 17.5 Å². The lowest BCUT2D eigenvalue weighted by Gasteiger charge is -2.16. The molecule has 1 fully saturated rings. The van der Waals surface area contributed by atoms with Crippen molar-refractivity contribution >= 4 is 28.3 Å². The first-order valence-electron chi connectivity index (χ1n) is 8.21. The Morgan fingerprint density at radius 3 is 2.89 bits per heavy atom. The largest absolute Gasteiger partial charge is 0.394 e. The minimum absolute atomic E-state index is 0.112. The molecule has 0 aliphatic carbocycles. The van der Waals surface area contributed by atoms with Gasteiger partial charge >= 0.3 is 0 Å². The van der Waals surface area contributed by atoms with Crippen LogP contribution in [0, 0.1) is 0 Å². The third kappa shape index (κ3) is 2.37. The van der Waals surface area contributed by atoms with E-state index >= 15 is 0 Å². The summed E-state index contributed by atoms with van der Waals surface area (Å²) in [6.45, 7) is -0.442. The van der Waals surface area contributed by atoms with Crippen LogP contribution in [0.4, 0.5) is 0 Å². The molecular formula is C16H15N5O5S. The molecule has 140 valence electrons. The van der Waals surface area contributed by atoms with E-state index in [0.29, 0.717) is 5.78 Å². The van der Waals surface area contributed by atoms with Gasteiger partial charge in [0.05, 0.1) is 18.6 Å². The van der Waals surface area contributed by atoms with Gasteiger partial charge in [0.15, 0.2) is 17.4 Å². The van der Waals surface area contributed by atoms with Gasteiger partial charge in [0, 0.05) is 17.1 Å². The van der Waals surface area contributed by atoms with Gasteiger partial charge in [-0.25, -0.2) is 9.38 Å². The number of nitrogens with zero attached hydrogens (tertiary/aromatic N) is 4. The van der Waals surface area contributed by atoms with Crippen LogP contribution < -0.4 is 5.56 Å². The predicted molar refractivity (Wildman–Crippen MR) is 95.4 cm³/mol. The van der Waals surface area contributed by atoms with Crippen molar-refractivity contribution in [2.24, 2.45) is 0 Å². The summed E-state index contributed by atoms with van der Waals surface area (Å²) < 4.78 is 8.29. The molecule has 11 heteroatoms. The van der Waals surface area contributed by atoms with Crippen molar-refractivity contribution in [2.45, 2.75) is 24.5 Å². The van der Waals surface area contributed by atoms with Crippen molar-refractivity contribution < 1.29 is 20.1 Å². The molecule has 4 aromatic rings. The molecule has 1 aliphatic rings. The average Bonchev–Trinajstić information content (AvgIpc) is 3.43. The van der Waals surface area contributed by atoms with Crippen molar-refractivity contribution in [1.82, 2.24) is 23.9 Å². The maximum atomic E-state index is 12.8. The average molecular weight is 389 g/mol. The van der Waals surface area contributed by atoms with Gasteiger partial charge in [-0.1, -0.05) is 0 Å². The fourth-order valence-corrected chi connectivity index (χ4v) is 3.99. The fourth-order valence-electron chi connectivity index (χ4n) is 3.33. The number of fused-ring (bicyclic) bond motifs is 2. The Labute approximate surface area is 154 Å². The van der Waals surface area contributed by atoms with E-state index in [4.69, 9.17) is 4.74 Å². The zero-order valence-corrected chi connectivity index (χ0v) is 14.6. The van der Waals surface area contributed by atoms with Crippen LogP contribution in [-0.4, -0.2) is 64.2 Å². The van der Waals surface area contributed by atoms with Crippen molar-refractivity contribution in [1.29, 1.82) is 0 Å². The van der Waals surface area contributed by atoms with Crippen LogP contribution in [0.3, 0.4) is 0 Å². The van der Waals surface area contributed by atoms with Crippen molar-refractivity contribution in [3.05, 3.63) is 39.7 Å². The summed E-state index contributed by atoms with van der Waals surface area (Å²) >= 11 is 1.54. The first kappa shape index (κ1) is 16.6. The molecule has 0 aromatic carbocycles. The molecule has 10 nitrogen and oxygen atoms in total. The summed E-state index contributed by atoms with van der Waals surface area (Å²) in [5.74, 6) is 0.321. The SMILES string of the molecule is O=c1c2ncn([C@@H]3O[C@H](CO)C(O)C3O)c2nc2[nH]c(-c3ccsc3)cn12. The number of hydrogen-bond acceptors (Lipinski definition) is 8. The second-order valence-electron chi connectivity index (χ2n) is 6.34. The number of aromatic nitrogens is 5. The summed E-state index contributed by atoms with van der Waals surface area (Å²) in [7, 11) is 0. The maximum absolute atomic E-state index is 12.8. The number of aliphatic hydroxyl groups is 3. The molecule has 27 heavy (non-hydrogen) atoms. The summed E-state index contributed by atoms with van der Waals surface area (Å²) in [5, 5.41) is 33.4. The fraction of sp³-hybridized carbons (Fsp3) is 0.312. The molecule has 2 unspecified atom stereocenters. The van der Waals surface area contributed by atoms with Crippen LogP contribution in [0.1, 0.15) is 6.23 Å². The Balaban J connectivity index is 1.67. The van der Waals surface area contributed by atoms with Crippen LogP contribution >= 0.6 is 11.3 Å². The molecule has 0 bridgehead atoms. The highest BCUT2D eigenvalue weighted by molar-refractivity contribution is 7.08. The highest BCUT2D eigenvalue weighted by atomic mass is 32.1. The summed E-state index contributed by atoms with van der Waals surface area (Å²) in [5.41, 5.74) is 1.65. The Morgan fingerprint density at radius 2 is 2.19 bits per heavy atom. The normalized spacial score (nSPS) is 25.7. The van der Waals surface area contributed by atoms with E-state index in [9.17, 15) is 20.1 Å². The number of aliphatic hydroxyl groups excluding tert-OH is 3. The standard InChI is InChI=1S/C16H15N5O5S/c22-4-9-11(23)12(24)15(26-9)21-6-17-10-13(21)19-16-18-8(3-20(16)14(10)25)7-1-2-27-5-7/h1-3,5-6,9,11-12,15,22-24H,4H2,(H,18,19)/t9-,11?,12?,15-/m1/s1. The molecular weight excluding hydrogens is 374 g/mol. The third-order valence-corrected chi connectivity index (χ3v) is 5.44. The lowest BCUT2D eigenvalue weighted by Crippen LogP contribution is -2.33. The molecule has 4 atom stereocenters. The van der Waals surface area contributed by atoms with Crippen molar-refractivity contribution in [3.8, 4) is 11.3 Å². The van der Waals surface area contributed by atoms with Crippen LogP contribution in [0.5, 0.6) is 0 Å². The minimum atomic E-state index is -1.29. The first-order chi connectivity index (χ1) is 13.1. The van der Waals surface area contributed by atoms with Gasteiger partial charge in [-0.2, -0.15) is 16.3 Å². The Hall–Kier alpha value is -2.57. The number of H-pyrrole nitrogens is 1. The second-order valence-corrected chi connectivity index (χ2v) is 7.12. The minimum Gasteiger partial charge on any atom is -0.394 e. The van der Waals surface area contributed by atoms with Crippen molar-refractivity contribution in [3.63, 3.8) is 0 Å². The topological polar surface area (TPSA) is 138 Å². The van der Waals surface area contributed by atoms with Crippen LogP contribution in [-0.2, 0) is 4.74 Å². The molecule has 1 aliphatic heterocycles. The second kappa shape index (κ2) is 5.97. The van der Waals surface area contributed by atoms with Crippen LogP contribution in [0.15, 0.2) is 34.1 Å². The quantitative estimate of drug-likeness (QED) is 0.378. The van der Waals surface area contributed by atoms with Gasteiger partial charge in [-0.15, -0.1) is 0 Å². The number of aromatic amines is 1. The zero-order valence-electron chi connectivity index (χ0n) is 13.8. The Kier molecular flexibility index (Phi) is 3.67. The number of rotatable bonds is 3. The highest BCUT2D eigenvalue weighted by Gasteiger charge is 2.44. The van der Waals surface area contributed by atoms with Gasteiger partial charge in [-0.3, -0.25) is 9.36 Å². The summed E-state index contributed by atoms with van der Waals surface area (Å²) in [6, 6.07) is 1.93. The molecule has 4 N–H and O–H groups in total. The van der Waals surface area contributed by atoms with E-state index in [2.05, 4.69) is 15.0 Å². The van der Waals surface area contributed by atoms with E-state index in [-0.39, 0.29) is 16.7 Å². The van der Waals surface area contributed by atoms with Gasteiger partial charge in [-0.05, 0) is 11.4 Å². The van der Waals surface area contributed by atoms with E-state index < -0.39 is 31.1 Å². The lowest BCUT2D eigenvalue weighted by molar-refractivity contribution is -0.0511. The predicted octanol–water partition coefficient (Wildman–Crippen LogP) is -0.288. The Morgan fingerprint density at radius 1 is 1.33 bits per heavy atom. The van der Waals surface area contributed by atoms with E-state index in [0.717, 1.165) is 11.3 Å². The molecule has 1 saturated heterocycles. The number of ether oxygens (including phenoxy) is 1. The Bertz CT molecular complexity index is 1180. The van der Waals surface area contributed by atoms with Gasteiger partial charge in [0.25, 0.3) is 5.56 Å². The molecule has 5 rings (SSSR count). The number of nitrogens with one attached hydrogen (secondary N) is 1.